The van der Waals surface area contributed by atoms with Crippen LogP contribution in [-0.4, -0.2) is 33.7 Å². The summed E-state index contributed by atoms with van der Waals surface area (Å²) in [5, 5.41) is 13.3. The van der Waals surface area contributed by atoms with Gasteiger partial charge in [0.2, 0.25) is 0 Å². The van der Waals surface area contributed by atoms with Crippen LogP contribution in [0.2, 0.25) is 0 Å². The van der Waals surface area contributed by atoms with Gasteiger partial charge in [-0.3, -0.25) is 4.98 Å². The molecule has 0 aliphatic heterocycles. The van der Waals surface area contributed by atoms with Crippen LogP contribution in [0.15, 0.2) is 48.8 Å². The molecule has 0 aliphatic carbocycles. The Hall–Kier alpha value is -2.73. The number of hydrogen-bond donors (Lipinski definition) is 2. The van der Waals surface area contributed by atoms with Crippen molar-refractivity contribution in [1.29, 1.82) is 0 Å². The number of aromatic nitrogens is 3. The Kier molecular flexibility index (Phi) is 4.11. The van der Waals surface area contributed by atoms with Crippen LogP contribution in [0.3, 0.4) is 0 Å². The van der Waals surface area contributed by atoms with Crippen molar-refractivity contribution in [3.63, 3.8) is 0 Å². The van der Waals surface area contributed by atoms with Crippen LogP contribution in [0.25, 0.3) is 11.2 Å². The lowest BCUT2D eigenvalue weighted by molar-refractivity contribution is 0.191. The third kappa shape index (κ3) is 3.12. The molecule has 1 atom stereocenters. The van der Waals surface area contributed by atoms with E-state index in [1.54, 1.807) is 19.5 Å². The van der Waals surface area contributed by atoms with E-state index < -0.39 is 6.10 Å². The van der Waals surface area contributed by atoms with E-state index in [-0.39, 0.29) is 0 Å². The Labute approximate surface area is 127 Å². The van der Waals surface area contributed by atoms with E-state index in [1.165, 1.54) is 0 Å². The smallest absolute Gasteiger partial charge is 0.180 e. The second-order valence-corrected chi connectivity index (χ2v) is 4.77. The molecule has 0 aliphatic rings. The van der Waals surface area contributed by atoms with Gasteiger partial charge < -0.3 is 15.2 Å². The number of nitrogens with zero attached hydrogens (tertiary/aromatic N) is 3. The number of nitrogens with one attached hydrogen (secondary N) is 1. The molecule has 1 unspecified atom stereocenters. The Morgan fingerprint density at radius 2 is 1.86 bits per heavy atom. The first-order valence-electron chi connectivity index (χ1n) is 6.90. The predicted molar refractivity (Wildman–Crippen MR) is 83.8 cm³/mol. The summed E-state index contributed by atoms with van der Waals surface area (Å²) in [5.41, 5.74) is 2.13. The van der Waals surface area contributed by atoms with Gasteiger partial charge >= 0.3 is 0 Å². The van der Waals surface area contributed by atoms with Crippen LogP contribution in [0.5, 0.6) is 5.75 Å². The molecule has 3 rings (SSSR count). The third-order valence-corrected chi connectivity index (χ3v) is 3.31. The lowest BCUT2D eigenvalue weighted by Gasteiger charge is -2.13. The summed E-state index contributed by atoms with van der Waals surface area (Å²) < 4.78 is 5.10. The van der Waals surface area contributed by atoms with Gasteiger partial charge in [-0.05, 0) is 29.8 Å². The summed E-state index contributed by atoms with van der Waals surface area (Å²) >= 11 is 0. The van der Waals surface area contributed by atoms with Crippen molar-refractivity contribution in [1.82, 2.24) is 15.0 Å². The average molecular weight is 296 g/mol. The normalized spacial score (nSPS) is 12.1. The quantitative estimate of drug-likeness (QED) is 0.751. The number of methoxy groups -OCH3 is 1. The van der Waals surface area contributed by atoms with Gasteiger partial charge in [0.1, 0.15) is 17.1 Å². The molecule has 0 amide bonds. The summed E-state index contributed by atoms with van der Waals surface area (Å²) in [6.45, 7) is 0.352. The van der Waals surface area contributed by atoms with E-state index in [2.05, 4.69) is 20.3 Å². The highest BCUT2D eigenvalue weighted by molar-refractivity contribution is 5.71. The van der Waals surface area contributed by atoms with E-state index in [0.29, 0.717) is 18.0 Å². The number of pyridine rings is 1. The van der Waals surface area contributed by atoms with E-state index in [9.17, 15) is 5.11 Å². The fraction of sp³-hybridized carbons (Fsp3) is 0.188. The van der Waals surface area contributed by atoms with E-state index in [0.717, 1.165) is 16.8 Å². The van der Waals surface area contributed by atoms with Gasteiger partial charge in [0.15, 0.2) is 5.65 Å². The molecular weight excluding hydrogens is 280 g/mol. The number of benzene rings is 1. The Morgan fingerprint density at radius 1 is 1.09 bits per heavy atom. The van der Waals surface area contributed by atoms with Gasteiger partial charge in [-0.15, -0.1) is 0 Å². The van der Waals surface area contributed by atoms with Gasteiger partial charge in [0.25, 0.3) is 0 Å². The van der Waals surface area contributed by atoms with Crippen molar-refractivity contribution < 1.29 is 9.84 Å². The molecule has 0 radical (unpaired) electrons. The monoisotopic (exact) mass is 296 g/mol. The van der Waals surface area contributed by atoms with Crippen molar-refractivity contribution in [2.75, 3.05) is 19.0 Å². The lowest BCUT2D eigenvalue weighted by Crippen LogP contribution is -2.13. The molecule has 3 aromatic rings. The zero-order chi connectivity index (χ0) is 15.4. The summed E-state index contributed by atoms with van der Waals surface area (Å²) in [4.78, 5) is 12.7. The zero-order valence-electron chi connectivity index (χ0n) is 12.1. The molecule has 2 N–H and O–H groups in total. The number of anilines is 1. The van der Waals surface area contributed by atoms with Gasteiger partial charge in [-0.25, -0.2) is 9.97 Å². The summed E-state index contributed by atoms with van der Waals surface area (Å²) in [7, 11) is 1.61. The van der Waals surface area contributed by atoms with E-state index >= 15 is 0 Å². The van der Waals surface area contributed by atoms with E-state index in [1.807, 2.05) is 36.4 Å². The third-order valence-electron chi connectivity index (χ3n) is 3.31. The molecule has 0 saturated carbocycles. The topological polar surface area (TPSA) is 80.2 Å². The second kappa shape index (κ2) is 6.36. The van der Waals surface area contributed by atoms with Gasteiger partial charge in [0.05, 0.1) is 13.2 Å². The fourth-order valence-electron chi connectivity index (χ4n) is 2.10. The molecule has 1 aromatic carbocycles. The van der Waals surface area contributed by atoms with Crippen LogP contribution >= 0.6 is 0 Å². The van der Waals surface area contributed by atoms with Gasteiger partial charge in [0, 0.05) is 18.9 Å². The Balaban J connectivity index is 1.67. The van der Waals surface area contributed by atoms with Crippen molar-refractivity contribution >= 4 is 17.0 Å². The average Bonchev–Trinajstić information content (AvgIpc) is 2.59. The summed E-state index contributed by atoms with van der Waals surface area (Å²) in [5.74, 6) is 1.42. The van der Waals surface area contributed by atoms with E-state index in [4.69, 9.17) is 4.74 Å². The van der Waals surface area contributed by atoms with Crippen molar-refractivity contribution in [3.8, 4) is 5.75 Å². The molecule has 0 spiro atoms. The van der Waals surface area contributed by atoms with Crippen LogP contribution < -0.4 is 10.1 Å². The minimum absolute atomic E-state index is 0.352. The van der Waals surface area contributed by atoms with Gasteiger partial charge in [-0.2, -0.15) is 0 Å². The molecular formula is C16H16N4O2. The minimum Gasteiger partial charge on any atom is -0.497 e. The molecule has 0 fully saturated rings. The fourth-order valence-corrected chi connectivity index (χ4v) is 2.10. The summed E-state index contributed by atoms with van der Waals surface area (Å²) in [6, 6.07) is 11.0. The van der Waals surface area contributed by atoms with Crippen LogP contribution in [0.1, 0.15) is 11.7 Å². The minimum atomic E-state index is -0.634. The Bertz CT molecular complexity index is 761. The van der Waals surface area contributed by atoms with Crippen LogP contribution in [-0.2, 0) is 0 Å². The number of ether oxygens (including phenoxy) is 1. The van der Waals surface area contributed by atoms with Crippen LogP contribution in [0.4, 0.5) is 5.82 Å². The van der Waals surface area contributed by atoms with Gasteiger partial charge in [-0.1, -0.05) is 12.1 Å². The molecule has 2 heterocycles. The number of aliphatic hydroxyl groups is 1. The van der Waals surface area contributed by atoms with Crippen molar-refractivity contribution in [3.05, 3.63) is 54.4 Å². The number of fused-ring (bicyclic) bond motifs is 1. The molecule has 0 saturated heterocycles. The second-order valence-electron chi connectivity index (χ2n) is 4.77. The maximum absolute atomic E-state index is 10.2. The molecule has 112 valence electrons. The predicted octanol–water partition coefficient (Wildman–Crippen LogP) is 2.18. The lowest BCUT2D eigenvalue weighted by atomic mass is 10.1. The molecule has 6 nitrogen and oxygen atoms in total. The zero-order valence-corrected chi connectivity index (χ0v) is 12.1. The molecule has 22 heavy (non-hydrogen) atoms. The maximum Gasteiger partial charge on any atom is 0.180 e. The highest BCUT2D eigenvalue weighted by Gasteiger charge is 2.08. The Morgan fingerprint density at radius 3 is 2.64 bits per heavy atom. The van der Waals surface area contributed by atoms with Crippen molar-refractivity contribution in [2.24, 2.45) is 0 Å². The highest BCUT2D eigenvalue weighted by atomic mass is 16.5. The van der Waals surface area contributed by atoms with Crippen LogP contribution in [0, 0.1) is 0 Å². The van der Waals surface area contributed by atoms with Crippen molar-refractivity contribution in [2.45, 2.75) is 6.10 Å². The standard InChI is InChI=1S/C16H16N4O2/c1-22-12-4-2-11(3-5-12)14(21)10-19-15-7-6-13-16(20-15)18-9-8-17-13/h2-9,14,21H,10H2,1H3,(H,18,19,20). The molecule has 0 bridgehead atoms. The first-order valence-corrected chi connectivity index (χ1v) is 6.90. The highest BCUT2D eigenvalue weighted by Crippen LogP contribution is 2.18. The first kappa shape index (κ1) is 14.2. The number of rotatable bonds is 5. The molecule has 6 heteroatoms. The number of hydrogen-bond acceptors (Lipinski definition) is 6. The summed E-state index contributed by atoms with van der Waals surface area (Å²) in [6.07, 6.45) is 2.60. The largest absolute Gasteiger partial charge is 0.497 e. The maximum atomic E-state index is 10.2. The number of aliphatic hydroxyl groups excluding tert-OH is 1. The SMILES string of the molecule is COc1ccc(C(O)CNc2ccc3nccnc3n2)cc1. The molecule has 2 aromatic heterocycles. The first-order chi connectivity index (χ1) is 10.8.